The van der Waals surface area contributed by atoms with Gasteiger partial charge in [0, 0.05) is 22.2 Å². The number of para-hydroxylation sites is 1. The van der Waals surface area contributed by atoms with Crippen molar-refractivity contribution in [1.29, 1.82) is 0 Å². The van der Waals surface area contributed by atoms with Gasteiger partial charge in [0.2, 0.25) is 0 Å². The highest BCUT2D eigenvalue weighted by molar-refractivity contribution is 6.30. The molecule has 2 aliphatic rings. The minimum absolute atomic E-state index is 0.270. The van der Waals surface area contributed by atoms with Crippen molar-refractivity contribution in [3.8, 4) is 11.1 Å². The highest BCUT2D eigenvalue weighted by Crippen LogP contribution is 2.52. The number of rotatable bonds is 2. The van der Waals surface area contributed by atoms with Gasteiger partial charge in [0.05, 0.1) is 6.04 Å². The molecule has 128 valence electrons. The summed E-state index contributed by atoms with van der Waals surface area (Å²) in [6, 6.07) is 25.9. The van der Waals surface area contributed by atoms with Gasteiger partial charge >= 0.3 is 0 Å². The molecule has 1 nitrogen and oxygen atoms in total. The Morgan fingerprint density at radius 1 is 0.885 bits per heavy atom. The third kappa shape index (κ3) is 2.55. The Hall–Kier alpha value is -2.51. The van der Waals surface area contributed by atoms with Crippen LogP contribution in [0.15, 0.2) is 84.9 Å². The lowest BCUT2D eigenvalue weighted by atomic mass is 9.76. The second-order valence-electron chi connectivity index (χ2n) is 7.17. The minimum Gasteiger partial charge on any atom is -0.377 e. The molecule has 5 rings (SSSR count). The third-order valence-electron chi connectivity index (χ3n) is 5.69. The van der Waals surface area contributed by atoms with Crippen LogP contribution in [0.5, 0.6) is 0 Å². The molecule has 1 aliphatic carbocycles. The molecule has 1 heterocycles. The highest BCUT2D eigenvalue weighted by Gasteiger charge is 2.38. The van der Waals surface area contributed by atoms with Gasteiger partial charge in [0.15, 0.2) is 0 Å². The summed E-state index contributed by atoms with van der Waals surface area (Å²) in [5, 5.41) is 4.68. The summed E-state index contributed by atoms with van der Waals surface area (Å²) in [4.78, 5) is 0. The van der Waals surface area contributed by atoms with E-state index in [1.807, 2.05) is 6.07 Å². The first-order valence-electron chi connectivity index (χ1n) is 9.18. The SMILES string of the molecule is Clc1cccc([C@@H]2Nc3c(-c4ccccc4)cccc3[C@@H]3C=CC[C@H]32)c1. The van der Waals surface area contributed by atoms with E-state index in [-0.39, 0.29) is 6.04 Å². The molecule has 0 radical (unpaired) electrons. The molecule has 26 heavy (non-hydrogen) atoms. The first-order chi connectivity index (χ1) is 12.8. The lowest BCUT2D eigenvalue weighted by Gasteiger charge is -2.38. The molecule has 3 aromatic carbocycles. The lowest BCUT2D eigenvalue weighted by molar-refractivity contribution is 0.426. The Morgan fingerprint density at radius 2 is 1.73 bits per heavy atom. The van der Waals surface area contributed by atoms with Crippen LogP contribution in [0.3, 0.4) is 0 Å². The van der Waals surface area contributed by atoms with Crippen LogP contribution >= 0.6 is 11.6 Å². The predicted molar refractivity (Wildman–Crippen MR) is 110 cm³/mol. The maximum absolute atomic E-state index is 6.29. The van der Waals surface area contributed by atoms with Crippen molar-refractivity contribution < 1.29 is 0 Å². The second-order valence-corrected chi connectivity index (χ2v) is 7.60. The molecule has 0 spiro atoms. The fourth-order valence-corrected chi connectivity index (χ4v) is 4.71. The van der Waals surface area contributed by atoms with Crippen LogP contribution in [0.25, 0.3) is 11.1 Å². The molecule has 0 fully saturated rings. The topological polar surface area (TPSA) is 12.0 Å². The molecule has 2 heteroatoms. The average Bonchev–Trinajstić information content (AvgIpc) is 3.18. The Bertz CT molecular complexity index is 977. The van der Waals surface area contributed by atoms with Gasteiger partial charge in [-0.05, 0) is 41.2 Å². The number of nitrogens with one attached hydrogen (secondary N) is 1. The Labute approximate surface area is 159 Å². The van der Waals surface area contributed by atoms with Gasteiger partial charge < -0.3 is 5.32 Å². The molecule has 0 saturated heterocycles. The van der Waals surface area contributed by atoms with E-state index >= 15 is 0 Å². The summed E-state index contributed by atoms with van der Waals surface area (Å²) in [6.07, 6.45) is 5.82. The number of halogens is 1. The molecule has 1 aliphatic heterocycles. The molecular formula is C24H20ClN. The Balaban J connectivity index is 1.66. The maximum Gasteiger partial charge on any atom is 0.0554 e. The number of benzene rings is 3. The Morgan fingerprint density at radius 3 is 2.58 bits per heavy atom. The summed E-state index contributed by atoms with van der Waals surface area (Å²) in [7, 11) is 0. The molecular weight excluding hydrogens is 338 g/mol. The van der Waals surface area contributed by atoms with Crippen LogP contribution in [-0.2, 0) is 0 Å². The van der Waals surface area contributed by atoms with Crippen LogP contribution in [-0.4, -0.2) is 0 Å². The van der Waals surface area contributed by atoms with Gasteiger partial charge in [-0.1, -0.05) is 84.4 Å². The summed E-state index contributed by atoms with van der Waals surface area (Å²) in [5.41, 5.74) is 6.46. The van der Waals surface area contributed by atoms with Crippen LogP contribution < -0.4 is 5.32 Å². The van der Waals surface area contributed by atoms with Crippen molar-refractivity contribution in [2.75, 3.05) is 5.32 Å². The van der Waals surface area contributed by atoms with Crippen molar-refractivity contribution in [3.63, 3.8) is 0 Å². The third-order valence-corrected chi connectivity index (χ3v) is 5.92. The number of hydrogen-bond donors (Lipinski definition) is 1. The van der Waals surface area contributed by atoms with Crippen LogP contribution in [0.2, 0.25) is 5.02 Å². The molecule has 0 amide bonds. The van der Waals surface area contributed by atoms with E-state index in [9.17, 15) is 0 Å². The normalized spacial score (nSPS) is 23.2. The molecule has 3 aromatic rings. The molecule has 1 N–H and O–H groups in total. The van der Waals surface area contributed by atoms with Gasteiger partial charge in [-0.2, -0.15) is 0 Å². The fourth-order valence-electron chi connectivity index (χ4n) is 4.51. The van der Waals surface area contributed by atoms with E-state index in [0.717, 1.165) is 11.4 Å². The van der Waals surface area contributed by atoms with Crippen molar-refractivity contribution in [2.24, 2.45) is 5.92 Å². The van der Waals surface area contributed by atoms with Crippen molar-refractivity contribution in [3.05, 3.63) is 101 Å². The minimum atomic E-state index is 0.270. The summed E-state index contributed by atoms with van der Waals surface area (Å²) < 4.78 is 0. The van der Waals surface area contributed by atoms with E-state index in [1.165, 1.54) is 27.9 Å². The van der Waals surface area contributed by atoms with E-state index < -0.39 is 0 Å². The van der Waals surface area contributed by atoms with E-state index in [4.69, 9.17) is 11.6 Å². The van der Waals surface area contributed by atoms with Gasteiger partial charge in [-0.15, -0.1) is 0 Å². The largest absolute Gasteiger partial charge is 0.377 e. The van der Waals surface area contributed by atoms with Crippen LogP contribution in [0.1, 0.15) is 29.5 Å². The first-order valence-corrected chi connectivity index (χ1v) is 9.56. The predicted octanol–water partition coefficient (Wildman–Crippen LogP) is 6.83. The van der Waals surface area contributed by atoms with Crippen LogP contribution in [0, 0.1) is 5.92 Å². The van der Waals surface area contributed by atoms with Gasteiger partial charge in [-0.3, -0.25) is 0 Å². The van der Waals surface area contributed by atoms with Gasteiger partial charge in [0.1, 0.15) is 0 Å². The molecule has 0 saturated carbocycles. The zero-order valence-corrected chi connectivity index (χ0v) is 15.2. The van der Waals surface area contributed by atoms with E-state index in [2.05, 4.69) is 84.2 Å². The molecule has 0 unspecified atom stereocenters. The smallest absolute Gasteiger partial charge is 0.0554 e. The van der Waals surface area contributed by atoms with Crippen molar-refractivity contribution in [2.45, 2.75) is 18.4 Å². The van der Waals surface area contributed by atoms with Gasteiger partial charge in [-0.25, -0.2) is 0 Å². The summed E-state index contributed by atoms with van der Waals surface area (Å²) in [5.74, 6) is 0.992. The van der Waals surface area contributed by atoms with E-state index in [1.54, 1.807) is 0 Å². The Kier molecular flexibility index (Phi) is 3.83. The maximum atomic E-state index is 6.29. The molecule has 0 bridgehead atoms. The standard InChI is InChI=1S/C24H20ClN/c25-18-10-4-9-17(15-18)23-21-13-6-12-20(21)22-14-5-11-19(24(22)26-23)16-7-2-1-3-8-16/h1-12,14-15,20-21,23,26H,13H2/t20-,21-,23+/m1/s1. The van der Waals surface area contributed by atoms with Crippen molar-refractivity contribution in [1.82, 2.24) is 0 Å². The first kappa shape index (κ1) is 15.7. The average molecular weight is 358 g/mol. The zero-order valence-electron chi connectivity index (χ0n) is 14.4. The highest BCUT2D eigenvalue weighted by atomic mass is 35.5. The number of hydrogen-bond acceptors (Lipinski definition) is 1. The monoisotopic (exact) mass is 357 g/mol. The summed E-state index contributed by atoms with van der Waals surface area (Å²) in [6.45, 7) is 0. The number of allylic oxidation sites excluding steroid dienone is 2. The fraction of sp³-hybridized carbons (Fsp3) is 0.167. The van der Waals surface area contributed by atoms with Gasteiger partial charge in [0.25, 0.3) is 0 Å². The van der Waals surface area contributed by atoms with Crippen LogP contribution in [0.4, 0.5) is 5.69 Å². The molecule has 3 atom stereocenters. The molecule has 0 aromatic heterocycles. The quantitative estimate of drug-likeness (QED) is 0.495. The number of fused-ring (bicyclic) bond motifs is 3. The lowest BCUT2D eigenvalue weighted by Crippen LogP contribution is -2.29. The van der Waals surface area contributed by atoms with E-state index in [0.29, 0.717) is 11.8 Å². The summed E-state index contributed by atoms with van der Waals surface area (Å²) >= 11 is 6.29. The second kappa shape index (κ2) is 6.34. The number of anilines is 1. The van der Waals surface area contributed by atoms with Crippen molar-refractivity contribution >= 4 is 17.3 Å². The zero-order chi connectivity index (χ0) is 17.5.